The zero-order valence-corrected chi connectivity index (χ0v) is 19.0. The summed E-state index contributed by atoms with van der Waals surface area (Å²) in [7, 11) is 1.70. The predicted molar refractivity (Wildman–Crippen MR) is 116 cm³/mol. The van der Waals surface area contributed by atoms with E-state index in [2.05, 4.69) is 18.7 Å². The van der Waals surface area contributed by atoms with E-state index in [1.54, 1.807) is 18.4 Å². The molecule has 3 heterocycles. The first kappa shape index (κ1) is 21.1. The van der Waals surface area contributed by atoms with E-state index in [0.29, 0.717) is 11.3 Å². The predicted octanol–water partition coefficient (Wildman–Crippen LogP) is 4.05. The summed E-state index contributed by atoms with van der Waals surface area (Å²) in [6.45, 7) is 9.39. The highest BCUT2D eigenvalue weighted by Crippen LogP contribution is 2.44. The van der Waals surface area contributed by atoms with E-state index in [1.807, 2.05) is 6.92 Å². The second kappa shape index (κ2) is 8.17. The van der Waals surface area contributed by atoms with Crippen molar-refractivity contribution in [1.29, 1.82) is 0 Å². The molecule has 2 fully saturated rings. The molecular weight excluding hydrogens is 384 g/mol. The molecule has 7 heteroatoms. The standard InChI is InChI=1S/C22H34N4O2S/c1-15-23-17(13-26-11-9-22(14-27,28-4)10-12-26)18-20(24-15)29-19(25-18)16-5-7-21(2,3)8-6-16/h16,27H,5-14H2,1-4H3. The van der Waals surface area contributed by atoms with E-state index in [4.69, 9.17) is 19.7 Å². The Kier molecular flexibility index (Phi) is 5.95. The van der Waals surface area contributed by atoms with Crippen LogP contribution < -0.4 is 0 Å². The second-order valence-electron chi connectivity index (χ2n) is 9.68. The third-order valence-corrected chi connectivity index (χ3v) is 8.12. The molecule has 0 unspecified atom stereocenters. The van der Waals surface area contributed by atoms with Gasteiger partial charge >= 0.3 is 0 Å². The topological polar surface area (TPSA) is 71.4 Å². The zero-order chi connectivity index (χ0) is 20.6. The summed E-state index contributed by atoms with van der Waals surface area (Å²) in [5.41, 5.74) is 2.12. The summed E-state index contributed by atoms with van der Waals surface area (Å²) in [4.78, 5) is 17.9. The van der Waals surface area contributed by atoms with Gasteiger partial charge in [0.1, 0.15) is 16.2 Å². The number of nitrogens with zero attached hydrogens (tertiary/aromatic N) is 4. The number of aromatic nitrogens is 3. The van der Waals surface area contributed by atoms with Gasteiger partial charge in [-0.25, -0.2) is 15.0 Å². The monoisotopic (exact) mass is 418 g/mol. The number of rotatable bonds is 5. The Bertz CT molecular complexity index is 842. The fourth-order valence-electron chi connectivity index (χ4n) is 4.70. The Morgan fingerprint density at radius 2 is 1.79 bits per heavy atom. The van der Waals surface area contributed by atoms with Gasteiger partial charge in [0.15, 0.2) is 0 Å². The van der Waals surface area contributed by atoms with Crippen molar-refractivity contribution in [3.63, 3.8) is 0 Å². The lowest BCUT2D eigenvalue weighted by Crippen LogP contribution is -2.47. The molecule has 160 valence electrons. The Morgan fingerprint density at radius 1 is 1.10 bits per heavy atom. The van der Waals surface area contributed by atoms with Crippen molar-refractivity contribution >= 4 is 21.7 Å². The molecular formula is C22H34N4O2S. The van der Waals surface area contributed by atoms with E-state index >= 15 is 0 Å². The molecule has 1 N–H and O–H groups in total. The fraction of sp³-hybridized carbons (Fsp3) is 0.773. The van der Waals surface area contributed by atoms with Gasteiger partial charge in [-0.3, -0.25) is 4.90 Å². The average Bonchev–Trinajstić information content (AvgIpc) is 3.13. The molecule has 4 rings (SSSR count). The van der Waals surface area contributed by atoms with Gasteiger partial charge in [-0.1, -0.05) is 25.2 Å². The Labute approximate surface area is 177 Å². The lowest BCUT2D eigenvalue weighted by Gasteiger charge is -2.39. The molecule has 1 saturated heterocycles. The molecule has 0 aromatic carbocycles. The van der Waals surface area contributed by atoms with Crippen LogP contribution in [0.5, 0.6) is 0 Å². The first-order valence-electron chi connectivity index (χ1n) is 10.9. The molecule has 1 aliphatic heterocycles. The van der Waals surface area contributed by atoms with Gasteiger partial charge in [-0.05, 0) is 50.9 Å². The number of aryl methyl sites for hydroxylation is 1. The summed E-state index contributed by atoms with van der Waals surface area (Å²) in [6.07, 6.45) is 6.67. The molecule has 0 amide bonds. The Morgan fingerprint density at radius 3 is 2.41 bits per heavy atom. The molecule has 2 aromatic heterocycles. The van der Waals surface area contributed by atoms with Crippen molar-refractivity contribution in [2.75, 3.05) is 26.8 Å². The molecule has 0 spiro atoms. The van der Waals surface area contributed by atoms with Crippen LogP contribution >= 0.6 is 11.3 Å². The summed E-state index contributed by atoms with van der Waals surface area (Å²) >= 11 is 1.77. The van der Waals surface area contributed by atoms with Gasteiger partial charge < -0.3 is 9.84 Å². The minimum absolute atomic E-state index is 0.0852. The maximum Gasteiger partial charge on any atom is 0.147 e. The normalized spacial score (nSPS) is 22.9. The van der Waals surface area contributed by atoms with Crippen LogP contribution in [-0.2, 0) is 11.3 Å². The highest BCUT2D eigenvalue weighted by Gasteiger charge is 2.34. The lowest BCUT2D eigenvalue weighted by molar-refractivity contribution is -0.0900. The van der Waals surface area contributed by atoms with Gasteiger partial charge in [0.25, 0.3) is 0 Å². The van der Waals surface area contributed by atoms with Crippen LogP contribution in [0.25, 0.3) is 10.3 Å². The van der Waals surface area contributed by atoms with Gasteiger partial charge in [0.2, 0.25) is 0 Å². The third kappa shape index (κ3) is 4.48. The van der Waals surface area contributed by atoms with Gasteiger partial charge in [0.05, 0.1) is 22.9 Å². The van der Waals surface area contributed by atoms with Crippen molar-refractivity contribution < 1.29 is 9.84 Å². The summed E-state index contributed by atoms with van der Waals surface area (Å²) in [5, 5.41) is 10.9. The maximum absolute atomic E-state index is 9.68. The van der Waals surface area contributed by atoms with E-state index in [0.717, 1.165) is 54.3 Å². The highest BCUT2D eigenvalue weighted by atomic mass is 32.1. The first-order valence-corrected chi connectivity index (χ1v) is 11.7. The SMILES string of the molecule is COC1(CO)CCN(Cc2nc(C)nc3sc(C4CCC(C)(C)CC4)nc23)CC1. The van der Waals surface area contributed by atoms with Crippen LogP contribution in [0.4, 0.5) is 0 Å². The lowest BCUT2D eigenvalue weighted by atomic mass is 9.73. The number of aliphatic hydroxyl groups is 1. The number of likely N-dealkylation sites (tertiary alicyclic amines) is 1. The van der Waals surface area contributed by atoms with Crippen molar-refractivity contribution in [2.24, 2.45) is 5.41 Å². The molecule has 2 aliphatic rings. The quantitative estimate of drug-likeness (QED) is 0.790. The Hall–Kier alpha value is -1.15. The number of thiazole rings is 1. The van der Waals surface area contributed by atoms with Crippen molar-refractivity contribution in [1.82, 2.24) is 19.9 Å². The molecule has 6 nitrogen and oxygen atoms in total. The number of fused-ring (bicyclic) bond motifs is 1. The van der Waals surface area contributed by atoms with Crippen LogP contribution in [0.1, 0.15) is 74.8 Å². The molecule has 1 aliphatic carbocycles. The minimum Gasteiger partial charge on any atom is -0.393 e. The van der Waals surface area contributed by atoms with E-state index in [1.165, 1.54) is 30.7 Å². The smallest absolute Gasteiger partial charge is 0.147 e. The van der Waals surface area contributed by atoms with Crippen LogP contribution in [0.2, 0.25) is 0 Å². The summed E-state index contributed by atoms with van der Waals surface area (Å²) in [6, 6.07) is 0. The number of hydrogen-bond acceptors (Lipinski definition) is 7. The van der Waals surface area contributed by atoms with Crippen LogP contribution in [0, 0.1) is 12.3 Å². The summed E-state index contributed by atoms with van der Waals surface area (Å²) < 4.78 is 5.59. The van der Waals surface area contributed by atoms with Crippen molar-refractivity contribution in [3.05, 3.63) is 16.5 Å². The minimum atomic E-state index is -0.379. The first-order chi connectivity index (χ1) is 13.8. The molecule has 0 bridgehead atoms. The maximum atomic E-state index is 9.68. The van der Waals surface area contributed by atoms with Crippen molar-refractivity contribution in [3.8, 4) is 0 Å². The molecule has 2 aromatic rings. The highest BCUT2D eigenvalue weighted by molar-refractivity contribution is 7.18. The average molecular weight is 419 g/mol. The van der Waals surface area contributed by atoms with Crippen LogP contribution in [0.3, 0.4) is 0 Å². The number of methoxy groups -OCH3 is 1. The molecule has 0 radical (unpaired) electrons. The van der Waals surface area contributed by atoms with Gasteiger partial charge in [-0.2, -0.15) is 0 Å². The Balaban J connectivity index is 1.52. The summed E-state index contributed by atoms with van der Waals surface area (Å²) in [5.74, 6) is 1.39. The number of aliphatic hydroxyl groups excluding tert-OH is 1. The number of ether oxygens (including phenoxy) is 1. The molecule has 1 saturated carbocycles. The second-order valence-corrected chi connectivity index (χ2v) is 10.7. The van der Waals surface area contributed by atoms with Gasteiger partial charge in [0, 0.05) is 32.7 Å². The largest absolute Gasteiger partial charge is 0.393 e. The van der Waals surface area contributed by atoms with Crippen LogP contribution in [-0.4, -0.2) is 57.4 Å². The molecule has 29 heavy (non-hydrogen) atoms. The van der Waals surface area contributed by atoms with Crippen molar-refractivity contribution in [2.45, 2.75) is 77.4 Å². The number of piperidine rings is 1. The van der Waals surface area contributed by atoms with Crippen LogP contribution in [0.15, 0.2) is 0 Å². The van der Waals surface area contributed by atoms with E-state index in [9.17, 15) is 5.11 Å². The van der Waals surface area contributed by atoms with Gasteiger partial charge in [-0.15, -0.1) is 0 Å². The fourth-order valence-corrected chi connectivity index (χ4v) is 5.88. The third-order valence-electron chi connectivity index (χ3n) is 7.01. The van der Waals surface area contributed by atoms with E-state index < -0.39 is 0 Å². The zero-order valence-electron chi connectivity index (χ0n) is 18.2. The molecule has 0 atom stereocenters. The number of hydrogen-bond donors (Lipinski definition) is 1. The van der Waals surface area contributed by atoms with E-state index in [-0.39, 0.29) is 12.2 Å².